The van der Waals surface area contributed by atoms with Gasteiger partial charge in [0.2, 0.25) is 0 Å². The molecule has 2 aromatic rings. The second-order valence-corrected chi connectivity index (χ2v) is 4.56. The number of benzene rings is 1. The molecule has 1 amide bonds. The average molecular weight is 307 g/mol. The number of ether oxygens (including phenoxy) is 1. The van der Waals surface area contributed by atoms with Crippen LogP contribution in [0.3, 0.4) is 0 Å². The molecule has 2 rings (SSSR count). The van der Waals surface area contributed by atoms with Crippen molar-refractivity contribution in [2.75, 3.05) is 25.6 Å². The van der Waals surface area contributed by atoms with Crippen LogP contribution < -0.4 is 10.6 Å². The van der Waals surface area contributed by atoms with E-state index in [-0.39, 0.29) is 11.6 Å². The Hall–Kier alpha value is -2.18. The minimum Gasteiger partial charge on any atom is -0.383 e. The number of hydrogen-bond donors (Lipinski definition) is 2. The van der Waals surface area contributed by atoms with E-state index in [1.165, 1.54) is 0 Å². The van der Waals surface area contributed by atoms with Crippen molar-refractivity contribution in [3.63, 3.8) is 0 Å². The molecule has 0 radical (unpaired) electrons. The first-order valence-corrected chi connectivity index (χ1v) is 6.71. The van der Waals surface area contributed by atoms with Crippen LogP contribution in [0.2, 0.25) is 5.02 Å². The van der Waals surface area contributed by atoms with E-state index in [2.05, 4.69) is 20.8 Å². The standard InChI is InChI=1S/C14H15ClN4O2/c1-21-9-8-16-14(20)12-6-7-13(19-18-12)17-11-5-3-2-4-10(11)15/h2-7H,8-9H2,1H3,(H,16,20)(H,17,19). The third-order valence-corrected chi connectivity index (χ3v) is 2.96. The minimum absolute atomic E-state index is 0.246. The van der Waals surface area contributed by atoms with E-state index in [0.29, 0.717) is 24.0 Å². The number of hydrogen-bond acceptors (Lipinski definition) is 5. The smallest absolute Gasteiger partial charge is 0.271 e. The quantitative estimate of drug-likeness (QED) is 0.801. The zero-order valence-corrected chi connectivity index (χ0v) is 12.2. The molecule has 0 spiro atoms. The van der Waals surface area contributed by atoms with Gasteiger partial charge in [0.25, 0.3) is 5.91 Å². The fraction of sp³-hybridized carbons (Fsp3) is 0.214. The Kier molecular flexibility index (Phi) is 5.48. The average Bonchev–Trinajstić information content (AvgIpc) is 2.50. The van der Waals surface area contributed by atoms with E-state index in [9.17, 15) is 4.79 Å². The molecule has 0 aliphatic carbocycles. The molecule has 21 heavy (non-hydrogen) atoms. The summed E-state index contributed by atoms with van der Waals surface area (Å²) in [5.41, 5.74) is 0.974. The molecule has 0 aliphatic heterocycles. The maximum Gasteiger partial charge on any atom is 0.271 e. The van der Waals surface area contributed by atoms with E-state index < -0.39 is 0 Å². The third-order valence-electron chi connectivity index (χ3n) is 2.63. The maximum absolute atomic E-state index is 11.7. The fourth-order valence-electron chi connectivity index (χ4n) is 1.58. The van der Waals surface area contributed by atoms with Crippen molar-refractivity contribution in [3.05, 3.63) is 47.1 Å². The number of aromatic nitrogens is 2. The summed E-state index contributed by atoms with van der Waals surface area (Å²) in [5.74, 6) is 0.223. The molecular weight excluding hydrogens is 292 g/mol. The summed E-state index contributed by atoms with van der Waals surface area (Å²) in [6.07, 6.45) is 0. The lowest BCUT2D eigenvalue weighted by Crippen LogP contribution is -2.27. The third kappa shape index (κ3) is 4.40. The normalized spacial score (nSPS) is 10.2. The number of anilines is 2. The fourth-order valence-corrected chi connectivity index (χ4v) is 1.76. The Balaban J connectivity index is 1.99. The van der Waals surface area contributed by atoms with Gasteiger partial charge in [0.1, 0.15) is 0 Å². The van der Waals surface area contributed by atoms with Gasteiger partial charge in [-0.3, -0.25) is 4.79 Å². The van der Waals surface area contributed by atoms with Crippen LogP contribution in [0.25, 0.3) is 0 Å². The van der Waals surface area contributed by atoms with Gasteiger partial charge in [-0.15, -0.1) is 10.2 Å². The van der Waals surface area contributed by atoms with Gasteiger partial charge in [-0.2, -0.15) is 0 Å². The lowest BCUT2D eigenvalue weighted by Gasteiger charge is -2.07. The van der Waals surface area contributed by atoms with Crippen LogP contribution in [0.4, 0.5) is 11.5 Å². The van der Waals surface area contributed by atoms with E-state index >= 15 is 0 Å². The van der Waals surface area contributed by atoms with Gasteiger partial charge >= 0.3 is 0 Å². The van der Waals surface area contributed by atoms with Gasteiger partial charge in [0.15, 0.2) is 11.5 Å². The topological polar surface area (TPSA) is 76.1 Å². The highest BCUT2D eigenvalue weighted by molar-refractivity contribution is 6.33. The van der Waals surface area contributed by atoms with Crippen molar-refractivity contribution in [1.29, 1.82) is 0 Å². The van der Waals surface area contributed by atoms with Gasteiger partial charge in [-0.05, 0) is 24.3 Å². The van der Waals surface area contributed by atoms with Crippen LogP contribution in [-0.2, 0) is 4.74 Å². The summed E-state index contributed by atoms with van der Waals surface area (Å²) in [5, 5.41) is 14.1. The molecular formula is C14H15ClN4O2. The minimum atomic E-state index is -0.288. The molecule has 1 aromatic heterocycles. The Labute approximate surface area is 127 Å². The van der Waals surface area contributed by atoms with Crippen LogP contribution in [0.5, 0.6) is 0 Å². The van der Waals surface area contributed by atoms with Crippen molar-refractivity contribution in [2.24, 2.45) is 0 Å². The number of carbonyl (C=O) groups excluding carboxylic acids is 1. The predicted octanol–water partition coefficient (Wildman–Crippen LogP) is 2.25. The summed E-state index contributed by atoms with van der Waals surface area (Å²) in [7, 11) is 1.57. The van der Waals surface area contributed by atoms with Crippen molar-refractivity contribution in [2.45, 2.75) is 0 Å². The van der Waals surface area contributed by atoms with Gasteiger partial charge in [-0.1, -0.05) is 23.7 Å². The molecule has 0 atom stereocenters. The molecule has 0 saturated heterocycles. The Morgan fingerprint density at radius 3 is 2.71 bits per heavy atom. The molecule has 0 aliphatic rings. The largest absolute Gasteiger partial charge is 0.383 e. The number of nitrogens with zero attached hydrogens (tertiary/aromatic N) is 2. The number of amides is 1. The molecule has 110 valence electrons. The van der Waals surface area contributed by atoms with Crippen LogP contribution in [0.1, 0.15) is 10.5 Å². The molecule has 0 fully saturated rings. The van der Waals surface area contributed by atoms with Gasteiger partial charge in [-0.25, -0.2) is 0 Å². The molecule has 6 nitrogen and oxygen atoms in total. The lowest BCUT2D eigenvalue weighted by molar-refractivity contribution is 0.0931. The number of rotatable bonds is 6. The number of para-hydroxylation sites is 1. The van der Waals surface area contributed by atoms with E-state index in [1.54, 1.807) is 25.3 Å². The van der Waals surface area contributed by atoms with Crippen LogP contribution >= 0.6 is 11.6 Å². The number of nitrogens with one attached hydrogen (secondary N) is 2. The second-order valence-electron chi connectivity index (χ2n) is 4.16. The molecule has 0 saturated carbocycles. The Bertz CT molecular complexity index is 604. The first-order chi connectivity index (χ1) is 10.2. The van der Waals surface area contributed by atoms with Crippen molar-refractivity contribution >= 4 is 29.0 Å². The summed E-state index contributed by atoms with van der Waals surface area (Å²) in [6, 6.07) is 10.6. The van der Waals surface area contributed by atoms with Gasteiger partial charge in [0, 0.05) is 13.7 Å². The van der Waals surface area contributed by atoms with Crippen LogP contribution in [-0.4, -0.2) is 36.4 Å². The highest BCUT2D eigenvalue weighted by Crippen LogP contribution is 2.23. The highest BCUT2D eigenvalue weighted by Gasteiger charge is 2.08. The van der Waals surface area contributed by atoms with E-state index in [0.717, 1.165) is 5.69 Å². The molecule has 1 heterocycles. The lowest BCUT2D eigenvalue weighted by atomic mass is 10.3. The predicted molar refractivity (Wildman–Crippen MR) is 81.0 cm³/mol. The first-order valence-electron chi connectivity index (χ1n) is 6.33. The Morgan fingerprint density at radius 1 is 1.24 bits per heavy atom. The SMILES string of the molecule is COCCNC(=O)c1ccc(Nc2ccccc2Cl)nn1. The first kappa shape index (κ1) is 15.2. The van der Waals surface area contributed by atoms with Crippen LogP contribution in [0, 0.1) is 0 Å². The van der Waals surface area contributed by atoms with Gasteiger partial charge < -0.3 is 15.4 Å². The highest BCUT2D eigenvalue weighted by atomic mass is 35.5. The number of halogens is 1. The summed E-state index contributed by atoms with van der Waals surface area (Å²) < 4.78 is 4.85. The summed E-state index contributed by atoms with van der Waals surface area (Å²) in [4.78, 5) is 11.7. The molecule has 0 unspecified atom stereocenters. The molecule has 7 heteroatoms. The second kappa shape index (κ2) is 7.56. The molecule has 0 bridgehead atoms. The zero-order valence-electron chi connectivity index (χ0n) is 11.5. The maximum atomic E-state index is 11.7. The van der Waals surface area contributed by atoms with Crippen molar-refractivity contribution in [1.82, 2.24) is 15.5 Å². The van der Waals surface area contributed by atoms with E-state index in [1.807, 2.05) is 18.2 Å². The van der Waals surface area contributed by atoms with E-state index in [4.69, 9.17) is 16.3 Å². The monoisotopic (exact) mass is 306 g/mol. The summed E-state index contributed by atoms with van der Waals surface area (Å²) in [6.45, 7) is 0.877. The van der Waals surface area contributed by atoms with Crippen molar-refractivity contribution in [3.8, 4) is 0 Å². The van der Waals surface area contributed by atoms with Crippen molar-refractivity contribution < 1.29 is 9.53 Å². The van der Waals surface area contributed by atoms with Gasteiger partial charge in [0.05, 0.1) is 17.3 Å². The summed E-state index contributed by atoms with van der Waals surface area (Å²) >= 11 is 6.04. The molecule has 2 N–H and O–H groups in total. The number of methoxy groups -OCH3 is 1. The number of carbonyl (C=O) groups is 1. The van der Waals surface area contributed by atoms with Crippen LogP contribution in [0.15, 0.2) is 36.4 Å². The zero-order chi connectivity index (χ0) is 15.1. The molecule has 1 aromatic carbocycles. The Morgan fingerprint density at radius 2 is 2.05 bits per heavy atom.